The van der Waals surface area contributed by atoms with Gasteiger partial charge in [-0.25, -0.2) is 0 Å². The van der Waals surface area contributed by atoms with Gasteiger partial charge < -0.3 is 10.3 Å². The molecule has 1 aliphatic rings. The number of carbonyl (C=O) groups excluding carboxylic acids is 1. The van der Waals surface area contributed by atoms with Crippen molar-refractivity contribution in [1.29, 1.82) is 0 Å². The van der Waals surface area contributed by atoms with Crippen LogP contribution in [0.2, 0.25) is 0 Å². The second-order valence-electron chi connectivity index (χ2n) is 4.39. The Balaban J connectivity index is 2.06. The summed E-state index contributed by atoms with van der Waals surface area (Å²) in [4.78, 5) is 19.1. The summed E-state index contributed by atoms with van der Waals surface area (Å²) in [5, 5.41) is 2.93. The molecule has 2 aromatic heterocycles. The van der Waals surface area contributed by atoms with Gasteiger partial charge in [0, 0.05) is 41.8 Å². The molecule has 4 heteroatoms. The van der Waals surface area contributed by atoms with Crippen LogP contribution in [0.1, 0.15) is 23.0 Å². The lowest BCUT2D eigenvalue weighted by atomic mass is 10.0. The largest absolute Gasteiger partial charge is 0.358 e. The van der Waals surface area contributed by atoms with E-state index in [2.05, 4.69) is 15.3 Å². The lowest BCUT2D eigenvalue weighted by Gasteiger charge is -2.19. The van der Waals surface area contributed by atoms with Gasteiger partial charge in [-0.1, -0.05) is 0 Å². The minimum Gasteiger partial charge on any atom is -0.358 e. The number of rotatable bonds is 1. The highest BCUT2D eigenvalue weighted by Crippen LogP contribution is 2.24. The standard InChI is InChI=1S/C13H13N3O/c1-8-6-12-10(13(17)15-8)7-11(16-12)9-2-4-14-5-3-9/h2-5,7-8,16H,6H2,1H3,(H,15,17)/t8-/m0/s1. The number of aromatic nitrogens is 2. The van der Waals surface area contributed by atoms with Crippen molar-refractivity contribution < 1.29 is 4.79 Å². The highest BCUT2D eigenvalue weighted by Gasteiger charge is 2.23. The van der Waals surface area contributed by atoms with E-state index in [1.165, 1.54) is 0 Å². The number of hydrogen-bond acceptors (Lipinski definition) is 2. The molecular weight excluding hydrogens is 214 g/mol. The lowest BCUT2D eigenvalue weighted by molar-refractivity contribution is 0.0929. The maximum absolute atomic E-state index is 11.8. The van der Waals surface area contributed by atoms with Gasteiger partial charge in [0.15, 0.2) is 0 Å². The van der Waals surface area contributed by atoms with Gasteiger partial charge in [0.1, 0.15) is 0 Å². The van der Waals surface area contributed by atoms with Crippen LogP contribution in [-0.2, 0) is 6.42 Å². The van der Waals surface area contributed by atoms with Crippen molar-refractivity contribution in [3.05, 3.63) is 41.9 Å². The van der Waals surface area contributed by atoms with E-state index in [-0.39, 0.29) is 11.9 Å². The second-order valence-corrected chi connectivity index (χ2v) is 4.39. The molecule has 1 atom stereocenters. The third-order valence-corrected chi connectivity index (χ3v) is 3.02. The molecule has 0 saturated carbocycles. The zero-order chi connectivity index (χ0) is 11.8. The van der Waals surface area contributed by atoms with Gasteiger partial charge in [-0.2, -0.15) is 0 Å². The second kappa shape index (κ2) is 3.73. The minimum absolute atomic E-state index is 0.00954. The number of fused-ring (bicyclic) bond motifs is 1. The summed E-state index contributed by atoms with van der Waals surface area (Å²) in [6.07, 6.45) is 4.35. The van der Waals surface area contributed by atoms with Crippen LogP contribution in [0.3, 0.4) is 0 Å². The van der Waals surface area contributed by atoms with Crippen molar-refractivity contribution in [3.8, 4) is 11.3 Å². The van der Waals surface area contributed by atoms with Gasteiger partial charge in [-0.15, -0.1) is 0 Å². The smallest absolute Gasteiger partial charge is 0.253 e. The molecule has 1 aliphatic heterocycles. The number of H-pyrrole nitrogens is 1. The van der Waals surface area contributed by atoms with Gasteiger partial charge in [0.2, 0.25) is 0 Å². The molecule has 0 saturated heterocycles. The van der Waals surface area contributed by atoms with E-state index in [1.807, 2.05) is 25.1 Å². The van der Waals surface area contributed by atoms with Gasteiger partial charge in [-0.3, -0.25) is 9.78 Å². The average Bonchev–Trinajstić information content (AvgIpc) is 2.74. The minimum atomic E-state index is 0.00954. The van der Waals surface area contributed by atoms with Crippen molar-refractivity contribution in [1.82, 2.24) is 15.3 Å². The van der Waals surface area contributed by atoms with Crippen LogP contribution in [0.4, 0.5) is 0 Å². The fourth-order valence-corrected chi connectivity index (χ4v) is 2.21. The molecule has 2 N–H and O–H groups in total. The Bertz CT molecular complexity index is 559. The summed E-state index contributed by atoms with van der Waals surface area (Å²) in [6.45, 7) is 2.01. The molecule has 17 heavy (non-hydrogen) atoms. The van der Waals surface area contributed by atoms with Crippen LogP contribution in [0.15, 0.2) is 30.6 Å². The van der Waals surface area contributed by atoms with Crippen molar-refractivity contribution >= 4 is 5.91 Å². The zero-order valence-corrected chi connectivity index (χ0v) is 9.53. The average molecular weight is 227 g/mol. The van der Waals surface area contributed by atoms with Gasteiger partial charge in [0.25, 0.3) is 5.91 Å². The Morgan fingerprint density at radius 2 is 2.12 bits per heavy atom. The summed E-state index contributed by atoms with van der Waals surface area (Å²) >= 11 is 0. The van der Waals surface area contributed by atoms with E-state index in [1.54, 1.807) is 12.4 Å². The SMILES string of the molecule is C[C@H]1Cc2[nH]c(-c3ccncc3)cc2C(=O)N1. The fraction of sp³-hybridized carbons (Fsp3) is 0.231. The summed E-state index contributed by atoms with van der Waals surface area (Å²) in [5.41, 5.74) is 3.81. The first-order valence-corrected chi connectivity index (χ1v) is 5.67. The molecule has 1 amide bonds. The molecule has 3 rings (SSSR count). The third kappa shape index (κ3) is 1.71. The first kappa shape index (κ1) is 10.1. The molecular formula is C13H13N3O. The van der Waals surface area contributed by atoms with E-state index >= 15 is 0 Å². The molecule has 0 spiro atoms. The molecule has 2 aromatic rings. The molecule has 0 bridgehead atoms. The Labute approximate surface area is 99.1 Å². The molecule has 4 nitrogen and oxygen atoms in total. The van der Waals surface area contributed by atoms with Crippen molar-refractivity contribution in [2.45, 2.75) is 19.4 Å². The number of carbonyl (C=O) groups is 1. The Kier molecular flexibility index (Phi) is 2.21. The first-order valence-electron chi connectivity index (χ1n) is 5.67. The quantitative estimate of drug-likeness (QED) is 0.779. The number of nitrogens with one attached hydrogen (secondary N) is 2. The molecule has 86 valence electrons. The number of aromatic amines is 1. The van der Waals surface area contributed by atoms with Crippen LogP contribution in [-0.4, -0.2) is 21.9 Å². The Morgan fingerprint density at radius 1 is 1.35 bits per heavy atom. The Hall–Kier alpha value is -2.10. The first-order chi connectivity index (χ1) is 8.24. The summed E-state index contributed by atoms with van der Waals surface area (Å²) in [5.74, 6) is 0.00954. The van der Waals surface area contributed by atoms with E-state index in [0.29, 0.717) is 0 Å². The van der Waals surface area contributed by atoms with Crippen LogP contribution in [0, 0.1) is 0 Å². The number of pyridine rings is 1. The van der Waals surface area contributed by atoms with E-state index < -0.39 is 0 Å². The zero-order valence-electron chi connectivity index (χ0n) is 9.53. The number of amides is 1. The van der Waals surface area contributed by atoms with E-state index in [9.17, 15) is 4.79 Å². The summed E-state index contributed by atoms with van der Waals surface area (Å²) in [7, 11) is 0. The molecule has 0 aliphatic carbocycles. The van der Waals surface area contributed by atoms with Gasteiger partial charge >= 0.3 is 0 Å². The summed E-state index contributed by atoms with van der Waals surface area (Å²) < 4.78 is 0. The third-order valence-electron chi connectivity index (χ3n) is 3.02. The summed E-state index contributed by atoms with van der Waals surface area (Å²) in [6, 6.07) is 5.96. The van der Waals surface area contributed by atoms with Crippen molar-refractivity contribution in [2.24, 2.45) is 0 Å². The van der Waals surface area contributed by atoms with E-state index in [4.69, 9.17) is 0 Å². The maximum atomic E-state index is 11.8. The molecule has 0 fully saturated rings. The van der Waals surface area contributed by atoms with Crippen LogP contribution in [0.5, 0.6) is 0 Å². The topological polar surface area (TPSA) is 57.8 Å². The van der Waals surface area contributed by atoms with Crippen molar-refractivity contribution in [3.63, 3.8) is 0 Å². The maximum Gasteiger partial charge on any atom is 0.253 e. The van der Waals surface area contributed by atoms with E-state index in [0.717, 1.165) is 28.9 Å². The van der Waals surface area contributed by atoms with Gasteiger partial charge in [0.05, 0.1) is 5.56 Å². The predicted octanol–water partition coefficient (Wildman–Crippen LogP) is 1.75. The number of hydrogen-bond donors (Lipinski definition) is 2. The predicted molar refractivity (Wildman–Crippen MR) is 64.7 cm³/mol. The molecule has 0 radical (unpaired) electrons. The normalized spacial score (nSPS) is 18.6. The highest BCUT2D eigenvalue weighted by atomic mass is 16.1. The van der Waals surface area contributed by atoms with Crippen molar-refractivity contribution in [2.75, 3.05) is 0 Å². The fourth-order valence-electron chi connectivity index (χ4n) is 2.21. The van der Waals surface area contributed by atoms with Crippen LogP contribution < -0.4 is 5.32 Å². The Morgan fingerprint density at radius 3 is 2.88 bits per heavy atom. The highest BCUT2D eigenvalue weighted by molar-refractivity contribution is 5.98. The molecule has 3 heterocycles. The van der Waals surface area contributed by atoms with Gasteiger partial charge in [-0.05, 0) is 25.1 Å². The molecule has 0 unspecified atom stereocenters. The monoisotopic (exact) mass is 227 g/mol. The lowest BCUT2D eigenvalue weighted by Crippen LogP contribution is -2.38. The molecule has 0 aromatic carbocycles. The van der Waals surface area contributed by atoms with Crippen LogP contribution in [0.25, 0.3) is 11.3 Å². The van der Waals surface area contributed by atoms with Crippen LogP contribution >= 0.6 is 0 Å². The number of nitrogens with zero attached hydrogens (tertiary/aromatic N) is 1.